The molecule has 1 aliphatic heterocycles. The van der Waals surface area contributed by atoms with Crippen LogP contribution in [0.3, 0.4) is 0 Å². The second-order valence-corrected chi connectivity index (χ2v) is 5.34. The molecule has 0 atom stereocenters. The van der Waals surface area contributed by atoms with Crippen LogP contribution in [0, 0.1) is 0 Å². The average molecular weight is 262 g/mol. The van der Waals surface area contributed by atoms with E-state index in [-0.39, 0.29) is 24.9 Å². The van der Waals surface area contributed by atoms with Crippen LogP contribution in [0.15, 0.2) is 24.3 Å². The van der Waals surface area contributed by atoms with E-state index in [1.54, 1.807) is 45.2 Å². The molecule has 0 bridgehead atoms. The topological polar surface area (TPSA) is 60.9 Å². The normalized spacial score (nSPS) is 17.1. The van der Waals surface area contributed by atoms with Gasteiger partial charge in [-0.2, -0.15) is 0 Å². The molecule has 0 aromatic heterocycles. The Balaban J connectivity index is 2.32. The smallest absolute Gasteiger partial charge is 0.247 e. The molecule has 102 valence electrons. The number of aliphatic hydroxyl groups is 1. The quantitative estimate of drug-likeness (QED) is 0.854. The van der Waals surface area contributed by atoms with Crippen molar-refractivity contribution in [3.8, 4) is 0 Å². The molecule has 2 rings (SSSR count). The first-order valence-corrected chi connectivity index (χ1v) is 6.16. The van der Waals surface area contributed by atoms with Gasteiger partial charge in [-0.3, -0.25) is 9.59 Å². The third-order valence-corrected chi connectivity index (χ3v) is 3.26. The monoisotopic (exact) mass is 262 g/mol. The standard InChI is InChI=1S/C14H18N2O3/c1-14(2,19)10-5-4-6-11(7-10)16-9-12(17)15(3)8-13(16)18/h4-7,19H,8-9H2,1-3H3. The summed E-state index contributed by atoms with van der Waals surface area (Å²) in [5.41, 5.74) is 0.380. The minimum atomic E-state index is -0.977. The van der Waals surface area contributed by atoms with Crippen molar-refractivity contribution in [2.24, 2.45) is 0 Å². The number of hydrogen-bond donors (Lipinski definition) is 1. The Morgan fingerprint density at radius 3 is 2.47 bits per heavy atom. The van der Waals surface area contributed by atoms with Crippen molar-refractivity contribution in [1.29, 1.82) is 0 Å². The van der Waals surface area contributed by atoms with Gasteiger partial charge in [-0.05, 0) is 31.5 Å². The number of anilines is 1. The third kappa shape index (κ3) is 2.76. The van der Waals surface area contributed by atoms with E-state index in [0.29, 0.717) is 11.3 Å². The van der Waals surface area contributed by atoms with Gasteiger partial charge in [-0.15, -0.1) is 0 Å². The predicted octanol–water partition coefficient (Wildman–Crippen LogP) is 0.719. The molecule has 5 heteroatoms. The van der Waals surface area contributed by atoms with Crippen LogP contribution in [0.1, 0.15) is 19.4 Å². The fourth-order valence-corrected chi connectivity index (χ4v) is 2.01. The van der Waals surface area contributed by atoms with Crippen molar-refractivity contribution in [3.63, 3.8) is 0 Å². The highest BCUT2D eigenvalue weighted by molar-refractivity contribution is 6.04. The molecule has 0 saturated carbocycles. The maximum atomic E-state index is 12.0. The van der Waals surface area contributed by atoms with Crippen LogP contribution in [0.2, 0.25) is 0 Å². The van der Waals surface area contributed by atoms with Gasteiger partial charge in [0.05, 0.1) is 12.1 Å². The van der Waals surface area contributed by atoms with Gasteiger partial charge < -0.3 is 14.9 Å². The van der Waals surface area contributed by atoms with E-state index in [0.717, 1.165) is 0 Å². The highest BCUT2D eigenvalue weighted by Crippen LogP contribution is 2.25. The summed E-state index contributed by atoms with van der Waals surface area (Å²) in [6.07, 6.45) is 0. The van der Waals surface area contributed by atoms with Gasteiger partial charge in [0.2, 0.25) is 11.8 Å². The minimum Gasteiger partial charge on any atom is -0.386 e. The third-order valence-electron chi connectivity index (χ3n) is 3.26. The maximum Gasteiger partial charge on any atom is 0.247 e. The number of amides is 2. The lowest BCUT2D eigenvalue weighted by atomic mass is 9.98. The first-order valence-electron chi connectivity index (χ1n) is 6.16. The fraction of sp³-hybridized carbons (Fsp3) is 0.429. The number of benzene rings is 1. The van der Waals surface area contributed by atoms with Gasteiger partial charge in [-0.1, -0.05) is 12.1 Å². The SMILES string of the molecule is CN1CC(=O)N(c2cccc(C(C)(C)O)c2)CC1=O. The molecule has 2 amide bonds. The molecular weight excluding hydrogens is 244 g/mol. The van der Waals surface area contributed by atoms with Crippen LogP contribution in [-0.4, -0.2) is 42.0 Å². The van der Waals surface area contributed by atoms with Crippen molar-refractivity contribution in [2.75, 3.05) is 25.0 Å². The van der Waals surface area contributed by atoms with Crippen LogP contribution in [0.5, 0.6) is 0 Å². The molecule has 1 aliphatic rings. The lowest BCUT2D eigenvalue weighted by Crippen LogP contribution is -2.52. The molecule has 1 fully saturated rings. The number of carbonyl (C=O) groups is 2. The van der Waals surface area contributed by atoms with E-state index in [9.17, 15) is 14.7 Å². The van der Waals surface area contributed by atoms with Gasteiger partial charge in [0.25, 0.3) is 0 Å². The highest BCUT2D eigenvalue weighted by atomic mass is 16.3. The number of rotatable bonds is 2. The summed E-state index contributed by atoms with van der Waals surface area (Å²) in [5.74, 6) is -0.205. The summed E-state index contributed by atoms with van der Waals surface area (Å²) in [4.78, 5) is 26.5. The van der Waals surface area contributed by atoms with Gasteiger partial charge in [0.15, 0.2) is 0 Å². The first-order chi connectivity index (χ1) is 8.79. The average Bonchev–Trinajstić information content (AvgIpc) is 2.33. The molecule has 0 spiro atoms. The molecule has 0 aliphatic carbocycles. The van der Waals surface area contributed by atoms with Gasteiger partial charge in [0, 0.05) is 12.7 Å². The Kier molecular flexibility index (Phi) is 3.32. The largest absolute Gasteiger partial charge is 0.386 e. The van der Waals surface area contributed by atoms with Gasteiger partial charge in [0.1, 0.15) is 6.54 Å². The maximum absolute atomic E-state index is 12.0. The van der Waals surface area contributed by atoms with Crippen molar-refractivity contribution in [3.05, 3.63) is 29.8 Å². The van der Waals surface area contributed by atoms with Crippen LogP contribution in [0.25, 0.3) is 0 Å². The summed E-state index contributed by atoms with van der Waals surface area (Å²) in [7, 11) is 1.62. The zero-order valence-electron chi connectivity index (χ0n) is 11.4. The van der Waals surface area contributed by atoms with Crippen LogP contribution < -0.4 is 4.90 Å². The Labute approximate surface area is 112 Å². The summed E-state index contributed by atoms with van der Waals surface area (Å²) < 4.78 is 0. The van der Waals surface area contributed by atoms with E-state index in [2.05, 4.69) is 0 Å². The molecule has 1 aromatic carbocycles. The summed E-state index contributed by atoms with van der Waals surface area (Å²) in [6, 6.07) is 7.09. The first kappa shape index (κ1) is 13.5. The van der Waals surface area contributed by atoms with E-state index in [1.165, 1.54) is 9.80 Å². The molecule has 5 nitrogen and oxygen atoms in total. The lowest BCUT2D eigenvalue weighted by Gasteiger charge is -2.32. The molecule has 1 aromatic rings. The Hall–Kier alpha value is -1.88. The molecule has 0 unspecified atom stereocenters. The molecule has 0 radical (unpaired) electrons. The number of likely N-dealkylation sites (N-methyl/N-ethyl adjacent to an activating group) is 1. The van der Waals surface area contributed by atoms with E-state index < -0.39 is 5.60 Å². The second kappa shape index (κ2) is 4.66. The zero-order chi connectivity index (χ0) is 14.2. The lowest BCUT2D eigenvalue weighted by molar-refractivity contribution is -0.136. The summed E-state index contributed by atoms with van der Waals surface area (Å²) in [6.45, 7) is 3.50. The summed E-state index contributed by atoms with van der Waals surface area (Å²) >= 11 is 0. The fourth-order valence-electron chi connectivity index (χ4n) is 2.01. The molecule has 19 heavy (non-hydrogen) atoms. The molecular formula is C14H18N2O3. The minimum absolute atomic E-state index is 0.0463. The number of carbonyl (C=O) groups excluding carboxylic acids is 2. The van der Waals surface area contributed by atoms with Crippen LogP contribution >= 0.6 is 0 Å². The highest BCUT2D eigenvalue weighted by Gasteiger charge is 2.29. The van der Waals surface area contributed by atoms with Gasteiger partial charge >= 0.3 is 0 Å². The zero-order valence-corrected chi connectivity index (χ0v) is 11.4. The Morgan fingerprint density at radius 1 is 1.16 bits per heavy atom. The second-order valence-electron chi connectivity index (χ2n) is 5.34. The molecule has 1 saturated heterocycles. The summed E-state index contributed by atoms with van der Waals surface area (Å²) in [5, 5.41) is 9.99. The Morgan fingerprint density at radius 2 is 1.84 bits per heavy atom. The Bertz CT molecular complexity index is 520. The number of nitrogens with zero attached hydrogens (tertiary/aromatic N) is 2. The van der Waals surface area contributed by atoms with Crippen LogP contribution in [0.4, 0.5) is 5.69 Å². The van der Waals surface area contributed by atoms with Crippen molar-refractivity contribution in [2.45, 2.75) is 19.4 Å². The number of hydrogen-bond acceptors (Lipinski definition) is 3. The molecule has 1 N–H and O–H groups in total. The van der Waals surface area contributed by atoms with Crippen LogP contribution in [-0.2, 0) is 15.2 Å². The molecule has 1 heterocycles. The predicted molar refractivity (Wildman–Crippen MR) is 71.7 cm³/mol. The van der Waals surface area contributed by atoms with Crippen molar-refractivity contribution < 1.29 is 14.7 Å². The van der Waals surface area contributed by atoms with E-state index in [1.807, 2.05) is 0 Å². The van der Waals surface area contributed by atoms with Crippen molar-refractivity contribution in [1.82, 2.24) is 4.90 Å². The van der Waals surface area contributed by atoms with Crippen molar-refractivity contribution >= 4 is 17.5 Å². The number of piperazine rings is 1. The van der Waals surface area contributed by atoms with E-state index in [4.69, 9.17) is 0 Å². The van der Waals surface area contributed by atoms with Gasteiger partial charge in [-0.25, -0.2) is 0 Å². The van der Waals surface area contributed by atoms with E-state index >= 15 is 0 Å².